The third kappa shape index (κ3) is 5.97. The van der Waals surface area contributed by atoms with E-state index in [2.05, 4.69) is 10.0 Å². The van der Waals surface area contributed by atoms with Gasteiger partial charge in [0.2, 0.25) is 5.91 Å². The Morgan fingerprint density at radius 1 is 1.00 bits per heavy atom. The van der Waals surface area contributed by atoms with Crippen LogP contribution in [0, 0.1) is 19.8 Å². The van der Waals surface area contributed by atoms with Gasteiger partial charge in [-0.05, 0) is 81.0 Å². The fourth-order valence-electron chi connectivity index (χ4n) is 4.26. The highest BCUT2D eigenvalue weighted by molar-refractivity contribution is 7.92. The number of carbonyl (C=O) groups is 2. The van der Waals surface area contributed by atoms with E-state index in [1.165, 1.54) is 24.3 Å². The Labute approximate surface area is 203 Å². The van der Waals surface area contributed by atoms with Crippen LogP contribution in [0.2, 0.25) is 0 Å². The molecule has 2 aromatic rings. The highest BCUT2D eigenvalue weighted by Gasteiger charge is 2.27. The number of carbonyl (C=O) groups excluding carboxylic acids is 2. The van der Waals surface area contributed by atoms with Gasteiger partial charge in [-0.15, -0.1) is 0 Å². The third-order valence-corrected chi connectivity index (χ3v) is 8.13. The van der Waals surface area contributed by atoms with Crippen molar-refractivity contribution in [2.75, 3.05) is 17.8 Å². The number of nitrogens with one attached hydrogen (secondary N) is 2. The number of amides is 2. The number of anilines is 1. The summed E-state index contributed by atoms with van der Waals surface area (Å²) in [7, 11) is -3.77. The van der Waals surface area contributed by atoms with Crippen LogP contribution >= 0.6 is 0 Å². The van der Waals surface area contributed by atoms with Crippen LogP contribution < -0.4 is 10.0 Å². The molecule has 0 unspecified atom stereocenters. The summed E-state index contributed by atoms with van der Waals surface area (Å²) in [5.41, 5.74) is 2.81. The van der Waals surface area contributed by atoms with Crippen molar-refractivity contribution in [3.05, 3.63) is 59.2 Å². The number of piperidine rings is 1. The van der Waals surface area contributed by atoms with E-state index in [0.29, 0.717) is 37.2 Å². The zero-order chi connectivity index (χ0) is 24.9. The lowest BCUT2D eigenvalue weighted by Gasteiger charge is -2.34. The van der Waals surface area contributed by atoms with Gasteiger partial charge in [0.15, 0.2) is 0 Å². The minimum Gasteiger partial charge on any atom is -0.349 e. The van der Waals surface area contributed by atoms with Crippen molar-refractivity contribution in [1.82, 2.24) is 10.2 Å². The van der Waals surface area contributed by atoms with E-state index in [1.807, 2.05) is 38.7 Å². The van der Waals surface area contributed by atoms with Crippen LogP contribution in [0.1, 0.15) is 61.0 Å². The molecule has 1 saturated heterocycles. The molecule has 3 rings (SSSR count). The Kier molecular flexibility index (Phi) is 8.36. The monoisotopic (exact) mass is 485 g/mol. The van der Waals surface area contributed by atoms with Crippen LogP contribution in [0.3, 0.4) is 0 Å². The van der Waals surface area contributed by atoms with Crippen LogP contribution in [0.15, 0.2) is 47.4 Å². The molecule has 184 valence electrons. The molecule has 1 fully saturated rings. The molecular formula is C26H35N3O4S. The number of benzene rings is 2. The molecule has 0 aliphatic carbocycles. The SMILES string of the molecule is CCC(CC)C(=O)N1CCC(NC(=O)c2ccc(S(=O)(=O)Nc3cccc(C)c3C)cc2)CC1. The topological polar surface area (TPSA) is 95.6 Å². The van der Waals surface area contributed by atoms with Gasteiger partial charge < -0.3 is 10.2 Å². The fourth-order valence-corrected chi connectivity index (χ4v) is 5.38. The number of likely N-dealkylation sites (tertiary alicyclic amines) is 1. The summed E-state index contributed by atoms with van der Waals surface area (Å²) in [5, 5.41) is 3.02. The van der Waals surface area contributed by atoms with Crippen molar-refractivity contribution in [2.24, 2.45) is 5.92 Å². The van der Waals surface area contributed by atoms with Gasteiger partial charge in [-0.3, -0.25) is 14.3 Å². The lowest BCUT2D eigenvalue weighted by atomic mass is 9.98. The van der Waals surface area contributed by atoms with E-state index < -0.39 is 10.0 Å². The predicted molar refractivity (Wildman–Crippen MR) is 134 cm³/mol. The highest BCUT2D eigenvalue weighted by Crippen LogP contribution is 2.22. The van der Waals surface area contributed by atoms with Gasteiger partial charge in [-0.2, -0.15) is 0 Å². The molecule has 0 saturated carbocycles. The van der Waals surface area contributed by atoms with Crippen molar-refractivity contribution in [2.45, 2.75) is 64.3 Å². The molecule has 0 spiro atoms. The fraction of sp³-hybridized carbons (Fsp3) is 0.462. The lowest BCUT2D eigenvalue weighted by Crippen LogP contribution is -2.48. The Hall–Kier alpha value is -2.87. The molecule has 0 aromatic heterocycles. The van der Waals surface area contributed by atoms with E-state index in [-0.39, 0.29) is 28.7 Å². The standard InChI is InChI=1S/C26H35N3O4S/c1-5-20(6-2)26(31)29-16-14-22(15-17-29)27-25(30)21-10-12-23(13-11-21)34(32,33)28-24-9-7-8-18(3)19(24)4/h7-13,20,22,28H,5-6,14-17H2,1-4H3,(H,27,30). The van der Waals surface area contributed by atoms with Gasteiger partial charge in [0.1, 0.15) is 0 Å². The third-order valence-electron chi connectivity index (χ3n) is 6.75. The Morgan fingerprint density at radius 2 is 1.62 bits per heavy atom. The van der Waals surface area contributed by atoms with Crippen molar-refractivity contribution in [3.63, 3.8) is 0 Å². The van der Waals surface area contributed by atoms with Crippen molar-refractivity contribution in [3.8, 4) is 0 Å². The van der Waals surface area contributed by atoms with E-state index in [4.69, 9.17) is 0 Å². The minimum atomic E-state index is -3.77. The van der Waals surface area contributed by atoms with Gasteiger partial charge in [-0.1, -0.05) is 26.0 Å². The summed E-state index contributed by atoms with van der Waals surface area (Å²) in [6.07, 6.45) is 3.11. The molecule has 2 amide bonds. The van der Waals surface area contributed by atoms with Crippen LogP contribution in [0.25, 0.3) is 0 Å². The molecular weight excluding hydrogens is 450 g/mol. The number of hydrogen-bond acceptors (Lipinski definition) is 4. The minimum absolute atomic E-state index is 0.00683. The van der Waals surface area contributed by atoms with Crippen LogP contribution in [0.4, 0.5) is 5.69 Å². The molecule has 1 heterocycles. The summed E-state index contributed by atoms with van der Waals surface area (Å²) in [5.74, 6) is 0.0440. The van der Waals surface area contributed by atoms with Gasteiger partial charge in [0.25, 0.3) is 15.9 Å². The van der Waals surface area contributed by atoms with Crippen LogP contribution in [-0.4, -0.2) is 44.3 Å². The zero-order valence-corrected chi connectivity index (χ0v) is 21.2. The lowest BCUT2D eigenvalue weighted by molar-refractivity contribution is -0.136. The number of aryl methyl sites for hydroxylation is 1. The maximum absolute atomic E-state index is 12.8. The second-order valence-electron chi connectivity index (χ2n) is 8.96. The van der Waals surface area contributed by atoms with E-state index in [9.17, 15) is 18.0 Å². The molecule has 1 aliphatic heterocycles. The average molecular weight is 486 g/mol. The van der Waals surface area contributed by atoms with Crippen molar-refractivity contribution < 1.29 is 18.0 Å². The molecule has 34 heavy (non-hydrogen) atoms. The molecule has 2 N–H and O–H groups in total. The van der Waals surface area contributed by atoms with Gasteiger partial charge >= 0.3 is 0 Å². The van der Waals surface area contributed by atoms with Crippen molar-refractivity contribution in [1.29, 1.82) is 0 Å². The molecule has 1 aliphatic rings. The highest BCUT2D eigenvalue weighted by atomic mass is 32.2. The second-order valence-corrected chi connectivity index (χ2v) is 10.6. The molecule has 0 radical (unpaired) electrons. The van der Waals surface area contributed by atoms with E-state index in [0.717, 1.165) is 24.0 Å². The Balaban J connectivity index is 1.58. The first kappa shape index (κ1) is 25.7. The smallest absolute Gasteiger partial charge is 0.261 e. The predicted octanol–water partition coefficient (Wildman–Crippen LogP) is 4.26. The molecule has 8 heteroatoms. The Morgan fingerprint density at radius 3 is 2.21 bits per heavy atom. The molecule has 2 aromatic carbocycles. The number of nitrogens with zero attached hydrogens (tertiary/aromatic N) is 1. The summed E-state index contributed by atoms with van der Waals surface area (Å²) in [6, 6.07) is 11.4. The van der Waals surface area contributed by atoms with Crippen LogP contribution in [0.5, 0.6) is 0 Å². The first-order chi connectivity index (χ1) is 16.2. The molecule has 0 bridgehead atoms. The summed E-state index contributed by atoms with van der Waals surface area (Å²) in [4.78, 5) is 27.3. The number of sulfonamides is 1. The average Bonchev–Trinajstić information content (AvgIpc) is 2.83. The van der Waals surface area contributed by atoms with Gasteiger partial charge in [0, 0.05) is 30.6 Å². The summed E-state index contributed by atoms with van der Waals surface area (Å²) < 4.78 is 28.2. The van der Waals surface area contributed by atoms with Crippen molar-refractivity contribution >= 4 is 27.5 Å². The normalized spacial score (nSPS) is 14.8. The van der Waals surface area contributed by atoms with Gasteiger partial charge in [0.05, 0.1) is 10.6 Å². The largest absolute Gasteiger partial charge is 0.349 e. The quantitative estimate of drug-likeness (QED) is 0.584. The summed E-state index contributed by atoms with van der Waals surface area (Å²) >= 11 is 0. The van der Waals surface area contributed by atoms with Crippen LogP contribution in [-0.2, 0) is 14.8 Å². The molecule has 7 nitrogen and oxygen atoms in total. The molecule has 0 atom stereocenters. The maximum atomic E-state index is 12.8. The summed E-state index contributed by atoms with van der Waals surface area (Å²) in [6.45, 7) is 9.15. The van der Waals surface area contributed by atoms with Gasteiger partial charge in [-0.25, -0.2) is 8.42 Å². The zero-order valence-electron chi connectivity index (χ0n) is 20.4. The first-order valence-electron chi connectivity index (χ1n) is 11.9. The maximum Gasteiger partial charge on any atom is 0.261 e. The Bertz CT molecular complexity index is 1120. The van der Waals surface area contributed by atoms with E-state index in [1.54, 1.807) is 12.1 Å². The number of rotatable bonds is 8. The second kappa shape index (κ2) is 11.0. The first-order valence-corrected chi connectivity index (χ1v) is 13.4. The van der Waals surface area contributed by atoms with E-state index >= 15 is 0 Å². The number of hydrogen-bond donors (Lipinski definition) is 2.